The molecule has 0 aliphatic carbocycles. The van der Waals surface area contributed by atoms with Crippen LogP contribution in [0.15, 0.2) is 72.1 Å². The molecule has 1 aliphatic rings. The van der Waals surface area contributed by atoms with Gasteiger partial charge in [-0.2, -0.15) is 5.10 Å². The normalized spacial score (nSPS) is 14.6. The second-order valence-electron chi connectivity index (χ2n) is 9.93. The highest BCUT2D eigenvalue weighted by atomic mass is 32.2. The Hall–Kier alpha value is -4.02. The Bertz CT molecular complexity index is 1750. The van der Waals surface area contributed by atoms with E-state index in [1.165, 1.54) is 3.97 Å². The highest BCUT2D eigenvalue weighted by Gasteiger charge is 2.24. The second-order valence-corrected chi connectivity index (χ2v) is 11.7. The van der Waals surface area contributed by atoms with Crippen LogP contribution in [0, 0.1) is 13.8 Å². The number of ether oxygens (including phenoxy) is 1. The van der Waals surface area contributed by atoms with E-state index >= 15 is 0 Å². The summed E-state index contributed by atoms with van der Waals surface area (Å²) in [5, 5.41) is 8.93. The molecule has 0 bridgehead atoms. The molecule has 0 unspecified atom stereocenters. The summed E-state index contributed by atoms with van der Waals surface area (Å²) in [6, 6.07) is 12.8. The number of nitrogens with zero attached hydrogens (tertiary/aromatic N) is 5. The second kappa shape index (κ2) is 9.94. The Labute approximate surface area is 227 Å². The van der Waals surface area contributed by atoms with Crippen LogP contribution in [0.2, 0.25) is 0 Å². The zero-order chi connectivity index (χ0) is 27.1. The van der Waals surface area contributed by atoms with Gasteiger partial charge in [0.15, 0.2) is 5.65 Å². The van der Waals surface area contributed by atoms with Gasteiger partial charge in [-0.3, -0.25) is 4.68 Å². The Morgan fingerprint density at radius 3 is 2.36 bits per heavy atom. The van der Waals surface area contributed by atoms with Gasteiger partial charge >= 0.3 is 0 Å². The van der Waals surface area contributed by atoms with Gasteiger partial charge in [-0.05, 0) is 64.0 Å². The lowest BCUT2D eigenvalue weighted by molar-refractivity contribution is 0.342. The number of nitrogens with one attached hydrogen (secondary N) is 1. The molecule has 0 atom stereocenters. The van der Waals surface area contributed by atoms with Crippen LogP contribution in [-0.2, 0) is 10.0 Å². The largest absolute Gasteiger partial charge is 0.481 e. The van der Waals surface area contributed by atoms with Crippen molar-refractivity contribution in [3.05, 3.63) is 78.5 Å². The molecule has 1 aromatic carbocycles. The maximum Gasteiger partial charge on any atom is 0.269 e. The molecular weight excluding hydrogens is 512 g/mol. The number of aromatic nitrogens is 5. The first-order valence-corrected chi connectivity index (χ1v) is 14.4. The van der Waals surface area contributed by atoms with Crippen molar-refractivity contribution in [2.24, 2.45) is 0 Å². The number of hydrogen-bond acceptors (Lipinski definition) is 7. The Morgan fingerprint density at radius 1 is 0.923 bits per heavy atom. The first kappa shape index (κ1) is 25.3. The molecule has 0 saturated carbocycles. The maximum atomic E-state index is 13.8. The molecule has 0 spiro atoms. The SMILES string of the molecule is COc1ccc(-c2cn(S(=O)(=O)c3ccc(C)cc3)c3ncc(-c4cn(C5CCNCC5)nc4C)cc23)cn1. The predicted molar refractivity (Wildman–Crippen MR) is 150 cm³/mol. The molecule has 1 fully saturated rings. The lowest BCUT2D eigenvalue weighted by atomic mass is 10.0. The first-order chi connectivity index (χ1) is 18.8. The zero-order valence-electron chi connectivity index (χ0n) is 22.1. The molecule has 0 amide bonds. The summed E-state index contributed by atoms with van der Waals surface area (Å²) < 4.78 is 36.1. The maximum absolute atomic E-state index is 13.8. The van der Waals surface area contributed by atoms with E-state index in [1.54, 1.807) is 56.0 Å². The number of pyridine rings is 2. The first-order valence-electron chi connectivity index (χ1n) is 13.0. The quantitative estimate of drug-likeness (QED) is 0.330. The summed E-state index contributed by atoms with van der Waals surface area (Å²) in [6.07, 6.45) is 9.20. The predicted octanol–water partition coefficient (Wildman–Crippen LogP) is 4.75. The van der Waals surface area contributed by atoms with Gasteiger partial charge in [-0.15, -0.1) is 0 Å². The van der Waals surface area contributed by atoms with E-state index in [0.29, 0.717) is 28.5 Å². The summed E-state index contributed by atoms with van der Waals surface area (Å²) in [7, 11) is -2.33. The van der Waals surface area contributed by atoms with Crippen molar-refractivity contribution in [3.63, 3.8) is 0 Å². The van der Waals surface area contributed by atoms with Gasteiger partial charge < -0.3 is 10.1 Å². The van der Waals surface area contributed by atoms with Gasteiger partial charge in [-0.1, -0.05) is 17.7 Å². The van der Waals surface area contributed by atoms with Crippen LogP contribution in [0.25, 0.3) is 33.3 Å². The Kier molecular flexibility index (Phi) is 6.44. The standard InChI is InChI=1S/C29H30N6O3S/c1-19-4-7-24(8-5-19)39(36,37)35-18-27(21-6-9-28(38-3)31-15-21)25-14-22(16-32-29(25)35)26-17-34(33-20(26)2)23-10-12-30-13-11-23/h4-9,14-18,23,30H,10-13H2,1-3H3. The number of hydrogen-bond donors (Lipinski definition) is 1. The smallest absolute Gasteiger partial charge is 0.269 e. The average Bonchev–Trinajstić information content (AvgIpc) is 3.55. The van der Waals surface area contributed by atoms with E-state index in [4.69, 9.17) is 14.8 Å². The fourth-order valence-electron chi connectivity index (χ4n) is 5.15. The van der Waals surface area contributed by atoms with Crippen LogP contribution in [0.1, 0.15) is 30.1 Å². The molecule has 9 nitrogen and oxygen atoms in total. The molecule has 4 aromatic heterocycles. The van der Waals surface area contributed by atoms with Crippen molar-refractivity contribution in [2.75, 3.05) is 20.2 Å². The summed E-state index contributed by atoms with van der Waals surface area (Å²) in [5.74, 6) is 0.481. The van der Waals surface area contributed by atoms with Crippen molar-refractivity contribution in [1.82, 2.24) is 29.0 Å². The molecule has 1 aliphatic heterocycles. The minimum Gasteiger partial charge on any atom is -0.481 e. The fraction of sp³-hybridized carbons (Fsp3) is 0.276. The van der Waals surface area contributed by atoms with Gasteiger partial charge in [0.2, 0.25) is 5.88 Å². The topological polar surface area (TPSA) is 104 Å². The zero-order valence-corrected chi connectivity index (χ0v) is 22.9. The monoisotopic (exact) mass is 542 g/mol. The van der Waals surface area contributed by atoms with Crippen LogP contribution in [0.3, 0.4) is 0 Å². The van der Waals surface area contributed by atoms with E-state index in [9.17, 15) is 8.42 Å². The van der Waals surface area contributed by atoms with Gasteiger partial charge in [0.1, 0.15) is 0 Å². The van der Waals surface area contributed by atoms with E-state index in [-0.39, 0.29) is 4.90 Å². The van der Waals surface area contributed by atoms with Crippen molar-refractivity contribution < 1.29 is 13.2 Å². The molecular formula is C29H30N6O3S. The highest BCUT2D eigenvalue weighted by Crippen LogP contribution is 2.36. The minimum absolute atomic E-state index is 0.203. The number of methoxy groups -OCH3 is 1. The molecule has 39 heavy (non-hydrogen) atoms. The third kappa shape index (κ3) is 4.59. The summed E-state index contributed by atoms with van der Waals surface area (Å²) >= 11 is 0. The summed E-state index contributed by atoms with van der Waals surface area (Å²) in [6.45, 7) is 5.89. The lowest BCUT2D eigenvalue weighted by Gasteiger charge is -2.22. The van der Waals surface area contributed by atoms with E-state index in [0.717, 1.165) is 53.9 Å². The van der Waals surface area contributed by atoms with Gasteiger partial charge in [-0.25, -0.2) is 22.4 Å². The highest BCUT2D eigenvalue weighted by molar-refractivity contribution is 7.90. The van der Waals surface area contributed by atoms with Crippen LogP contribution in [-0.4, -0.2) is 52.3 Å². The van der Waals surface area contributed by atoms with E-state index in [2.05, 4.69) is 21.2 Å². The van der Waals surface area contributed by atoms with E-state index in [1.807, 2.05) is 26.0 Å². The minimum atomic E-state index is -3.89. The van der Waals surface area contributed by atoms with Crippen LogP contribution >= 0.6 is 0 Å². The molecule has 5 heterocycles. The summed E-state index contributed by atoms with van der Waals surface area (Å²) in [5.41, 5.74) is 5.60. The average molecular weight is 543 g/mol. The number of fused-ring (bicyclic) bond motifs is 1. The third-order valence-corrected chi connectivity index (χ3v) is 9.02. The van der Waals surface area contributed by atoms with Crippen molar-refractivity contribution in [1.29, 1.82) is 0 Å². The van der Waals surface area contributed by atoms with Crippen molar-refractivity contribution >= 4 is 21.1 Å². The van der Waals surface area contributed by atoms with Crippen LogP contribution in [0.5, 0.6) is 5.88 Å². The van der Waals surface area contributed by atoms with Gasteiger partial charge in [0.25, 0.3) is 10.0 Å². The van der Waals surface area contributed by atoms with Crippen LogP contribution < -0.4 is 10.1 Å². The molecule has 1 N–H and O–H groups in total. The number of rotatable bonds is 6. The molecule has 6 rings (SSSR count). The van der Waals surface area contributed by atoms with Gasteiger partial charge in [0, 0.05) is 58.5 Å². The number of aryl methyl sites for hydroxylation is 2. The molecule has 1 saturated heterocycles. The molecule has 0 radical (unpaired) electrons. The third-order valence-electron chi connectivity index (χ3n) is 7.36. The van der Waals surface area contributed by atoms with E-state index < -0.39 is 10.0 Å². The van der Waals surface area contributed by atoms with Crippen molar-refractivity contribution in [2.45, 2.75) is 37.6 Å². The lowest BCUT2D eigenvalue weighted by Crippen LogP contribution is -2.29. The van der Waals surface area contributed by atoms with Gasteiger partial charge in [0.05, 0.1) is 23.7 Å². The molecule has 10 heteroatoms. The summed E-state index contributed by atoms with van der Waals surface area (Å²) in [4.78, 5) is 9.25. The molecule has 5 aromatic rings. The molecule has 200 valence electrons. The van der Waals surface area contributed by atoms with Crippen LogP contribution in [0.4, 0.5) is 0 Å². The number of piperidine rings is 1. The fourth-order valence-corrected chi connectivity index (χ4v) is 6.47. The number of benzene rings is 1. The Morgan fingerprint density at radius 2 is 1.67 bits per heavy atom. The van der Waals surface area contributed by atoms with Crippen molar-refractivity contribution in [3.8, 4) is 28.1 Å². The Balaban J connectivity index is 1.51.